The molecule has 2 aromatic rings. The van der Waals surface area contributed by atoms with Crippen LogP contribution in [0.4, 0.5) is 4.79 Å². The van der Waals surface area contributed by atoms with Crippen molar-refractivity contribution in [3.05, 3.63) is 63.8 Å². The van der Waals surface area contributed by atoms with E-state index in [2.05, 4.69) is 11.4 Å². The highest BCUT2D eigenvalue weighted by Crippen LogP contribution is 2.37. The maximum absolute atomic E-state index is 12.0. The van der Waals surface area contributed by atoms with Crippen LogP contribution in [0.2, 0.25) is 5.02 Å². The van der Waals surface area contributed by atoms with Gasteiger partial charge >= 0.3 is 6.03 Å². The van der Waals surface area contributed by atoms with Crippen molar-refractivity contribution in [2.24, 2.45) is 0 Å². The second kappa shape index (κ2) is 8.03. The zero-order chi connectivity index (χ0) is 20.3. The standard InChI is InChI=1S/C20H16ClN3O4/c1-24-19(25)16(23-20(24)26)8-12-7-15(21)18(17(9-12)27-2)28-11-14-6-4-3-5-13(14)10-22/h3-9H,11H2,1-2H3,(H,23,26)/b16-8+. The number of carbonyl (C=O) groups is 2. The average molecular weight is 398 g/mol. The van der Waals surface area contributed by atoms with Crippen molar-refractivity contribution in [2.75, 3.05) is 14.2 Å². The fourth-order valence-corrected chi connectivity index (χ4v) is 2.93. The predicted octanol–water partition coefficient (Wildman–Crippen LogP) is 3.32. The molecule has 1 fully saturated rings. The number of ether oxygens (including phenoxy) is 2. The minimum atomic E-state index is -0.495. The molecule has 142 valence electrons. The van der Waals surface area contributed by atoms with Gasteiger partial charge in [-0.2, -0.15) is 5.26 Å². The summed E-state index contributed by atoms with van der Waals surface area (Å²) in [7, 11) is 2.86. The molecule has 0 bridgehead atoms. The Bertz CT molecular complexity index is 1030. The molecule has 1 aliphatic heterocycles. The number of urea groups is 1. The first kappa shape index (κ1) is 19.3. The summed E-state index contributed by atoms with van der Waals surface area (Å²) in [4.78, 5) is 24.5. The molecule has 1 heterocycles. The third kappa shape index (κ3) is 3.77. The number of rotatable bonds is 5. The summed E-state index contributed by atoms with van der Waals surface area (Å²) in [6, 6.07) is 11.9. The number of nitrogens with zero attached hydrogens (tertiary/aromatic N) is 2. The highest BCUT2D eigenvalue weighted by molar-refractivity contribution is 6.32. The Labute approximate surface area is 166 Å². The molecule has 0 atom stereocenters. The lowest BCUT2D eigenvalue weighted by Crippen LogP contribution is -2.25. The molecule has 1 aliphatic rings. The molecule has 7 nitrogen and oxygen atoms in total. The van der Waals surface area contributed by atoms with Crippen molar-refractivity contribution in [2.45, 2.75) is 6.61 Å². The molecular weight excluding hydrogens is 382 g/mol. The maximum atomic E-state index is 12.0. The topological polar surface area (TPSA) is 91.7 Å². The van der Waals surface area contributed by atoms with Crippen LogP contribution in [0.1, 0.15) is 16.7 Å². The number of halogens is 1. The number of methoxy groups -OCH3 is 1. The van der Waals surface area contributed by atoms with Crippen molar-refractivity contribution >= 4 is 29.6 Å². The van der Waals surface area contributed by atoms with E-state index in [-0.39, 0.29) is 17.3 Å². The number of carbonyl (C=O) groups excluding carboxylic acids is 2. The van der Waals surface area contributed by atoms with Gasteiger partial charge in [0.25, 0.3) is 5.91 Å². The first-order chi connectivity index (χ1) is 13.4. The molecular formula is C20H16ClN3O4. The number of benzene rings is 2. The summed E-state index contributed by atoms with van der Waals surface area (Å²) in [6.07, 6.45) is 1.51. The SMILES string of the molecule is COc1cc(/C=C2/NC(=O)N(C)C2=O)cc(Cl)c1OCc1ccccc1C#N. The first-order valence-electron chi connectivity index (χ1n) is 8.23. The third-order valence-corrected chi connectivity index (χ3v) is 4.43. The molecule has 1 N–H and O–H groups in total. The second-order valence-corrected chi connectivity index (χ2v) is 6.35. The quantitative estimate of drug-likeness (QED) is 0.617. The van der Waals surface area contributed by atoms with Gasteiger partial charge in [-0.15, -0.1) is 0 Å². The lowest BCUT2D eigenvalue weighted by Gasteiger charge is -2.14. The van der Waals surface area contributed by atoms with Gasteiger partial charge in [0.2, 0.25) is 0 Å². The van der Waals surface area contributed by atoms with Crippen molar-refractivity contribution < 1.29 is 19.1 Å². The Balaban J connectivity index is 1.87. The van der Waals surface area contributed by atoms with Crippen molar-refractivity contribution in [1.82, 2.24) is 10.2 Å². The van der Waals surface area contributed by atoms with Crippen LogP contribution in [0.25, 0.3) is 6.08 Å². The van der Waals surface area contributed by atoms with E-state index < -0.39 is 11.9 Å². The minimum absolute atomic E-state index is 0.138. The summed E-state index contributed by atoms with van der Waals surface area (Å²) < 4.78 is 11.2. The van der Waals surface area contributed by atoms with Crippen LogP contribution in [0, 0.1) is 11.3 Å². The molecule has 0 unspecified atom stereocenters. The number of hydrogen-bond donors (Lipinski definition) is 1. The van der Waals surface area contributed by atoms with E-state index in [4.69, 9.17) is 21.1 Å². The van der Waals surface area contributed by atoms with E-state index in [1.54, 1.807) is 30.3 Å². The minimum Gasteiger partial charge on any atom is -0.493 e. The van der Waals surface area contributed by atoms with E-state index in [1.165, 1.54) is 20.2 Å². The van der Waals surface area contributed by atoms with Gasteiger partial charge in [0, 0.05) is 12.6 Å². The molecule has 0 radical (unpaired) electrons. The molecule has 8 heteroatoms. The number of likely N-dealkylation sites (N-methyl/N-ethyl adjacent to an activating group) is 1. The third-order valence-electron chi connectivity index (χ3n) is 4.15. The summed E-state index contributed by atoms with van der Waals surface area (Å²) in [5.74, 6) is 0.241. The van der Waals surface area contributed by atoms with E-state index in [0.29, 0.717) is 22.6 Å². The average Bonchev–Trinajstić information content (AvgIpc) is 2.93. The fraction of sp³-hybridized carbons (Fsp3) is 0.150. The highest BCUT2D eigenvalue weighted by Gasteiger charge is 2.30. The van der Waals surface area contributed by atoms with Gasteiger partial charge in [-0.3, -0.25) is 9.69 Å². The van der Waals surface area contributed by atoms with E-state index in [0.717, 1.165) is 10.5 Å². The zero-order valence-electron chi connectivity index (χ0n) is 15.2. The van der Waals surface area contributed by atoms with Crippen LogP contribution < -0.4 is 14.8 Å². The van der Waals surface area contributed by atoms with Gasteiger partial charge in [0.15, 0.2) is 11.5 Å². The predicted molar refractivity (Wildman–Crippen MR) is 103 cm³/mol. The Hall–Kier alpha value is -3.50. The summed E-state index contributed by atoms with van der Waals surface area (Å²) in [6.45, 7) is 0.138. The first-order valence-corrected chi connectivity index (χ1v) is 8.61. The number of amides is 3. The molecule has 3 amide bonds. The van der Waals surface area contributed by atoms with Gasteiger partial charge in [-0.05, 0) is 29.8 Å². The number of hydrogen-bond acceptors (Lipinski definition) is 5. The molecule has 0 spiro atoms. The van der Waals surface area contributed by atoms with Crippen LogP contribution in [-0.2, 0) is 11.4 Å². The lowest BCUT2D eigenvalue weighted by atomic mass is 10.1. The maximum Gasteiger partial charge on any atom is 0.328 e. The summed E-state index contributed by atoms with van der Waals surface area (Å²) in [5.41, 5.74) is 1.93. The van der Waals surface area contributed by atoms with Gasteiger partial charge in [0.1, 0.15) is 12.3 Å². The molecule has 28 heavy (non-hydrogen) atoms. The fourth-order valence-electron chi connectivity index (χ4n) is 2.66. The Morgan fingerprint density at radius 1 is 1.29 bits per heavy atom. The van der Waals surface area contributed by atoms with Crippen LogP contribution in [0.15, 0.2) is 42.1 Å². The Kier molecular flexibility index (Phi) is 5.52. The lowest BCUT2D eigenvalue weighted by molar-refractivity contribution is -0.121. The van der Waals surface area contributed by atoms with Gasteiger partial charge in [0.05, 0.1) is 23.8 Å². The summed E-state index contributed by atoms with van der Waals surface area (Å²) in [5, 5.41) is 11.9. The largest absolute Gasteiger partial charge is 0.493 e. The Morgan fingerprint density at radius 3 is 2.68 bits per heavy atom. The summed E-state index contributed by atoms with van der Waals surface area (Å²) >= 11 is 6.35. The highest BCUT2D eigenvalue weighted by atomic mass is 35.5. The van der Waals surface area contributed by atoms with E-state index >= 15 is 0 Å². The second-order valence-electron chi connectivity index (χ2n) is 5.94. The molecule has 2 aromatic carbocycles. The molecule has 1 saturated heterocycles. The normalized spacial score (nSPS) is 14.8. The van der Waals surface area contributed by atoms with Gasteiger partial charge in [-0.1, -0.05) is 29.8 Å². The van der Waals surface area contributed by atoms with Gasteiger partial charge < -0.3 is 14.8 Å². The molecule has 3 rings (SSSR count). The van der Waals surface area contributed by atoms with E-state index in [1.807, 2.05) is 6.07 Å². The van der Waals surface area contributed by atoms with Crippen molar-refractivity contribution in [1.29, 1.82) is 5.26 Å². The van der Waals surface area contributed by atoms with E-state index in [9.17, 15) is 14.9 Å². The number of nitriles is 1. The monoisotopic (exact) mass is 397 g/mol. The smallest absolute Gasteiger partial charge is 0.328 e. The van der Waals surface area contributed by atoms with Gasteiger partial charge in [-0.25, -0.2) is 4.79 Å². The number of nitrogens with one attached hydrogen (secondary N) is 1. The van der Waals surface area contributed by atoms with Crippen molar-refractivity contribution in [3.8, 4) is 17.6 Å². The van der Waals surface area contributed by atoms with Crippen LogP contribution >= 0.6 is 11.6 Å². The van der Waals surface area contributed by atoms with Crippen molar-refractivity contribution in [3.63, 3.8) is 0 Å². The van der Waals surface area contributed by atoms with Crippen LogP contribution in [0.5, 0.6) is 11.5 Å². The number of imide groups is 1. The molecule has 0 aliphatic carbocycles. The zero-order valence-corrected chi connectivity index (χ0v) is 15.9. The van der Waals surface area contributed by atoms with Crippen LogP contribution in [0.3, 0.4) is 0 Å². The van der Waals surface area contributed by atoms with Crippen LogP contribution in [-0.4, -0.2) is 31.0 Å². The Morgan fingerprint density at radius 2 is 2.04 bits per heavy atom. The molecule has 0 saturated carbocycles. The molecule has 0 aromatic heterocycles.